The largest absolute Gasteiger partial charge is 0.378 e. The highest BCUT2D eigenvalue weighted by molar-refractivity contribution is 5.05. The number of ether oxygens (including phenoxy) is 1. The summed E-state index contributed by atoms with van der Waals surface area (Å²) in [6.45, 7) is 8.61. The van der Waals surface area contributed by atoms with E-state index in [2.05, 4.69) is 20.8 Å². The van der Waals surface area contributed by atoms with Gasteiger partial charge < -0.3 is 4.74 Å². The molecule has 3 rings (SSSR count). The van der Waals surface area contributed by atoms with E-state index >= 15 is 0 Å². The topological polar surface area (TPSA) is 9.23 Å². The average Bonchev–Trinajstić information content (AvgIpc) is 2.65. The molecule has 92 valence electrons. The lowest BCUT2D eigenvalue weighted by Crippen LogP contribution is -2.51. The predicted molar refractivity (Wildman–Crippen MR) is 66.3 cm³/mol. The summed E-state index contributed by atoms with van der Waals surface area (Å²) in [6.07, 6.45) is 8.99. The predicted octanol–water partition coefficient (Wildman–Crippen LogP) is 4.02. The monoisotopic (exact) mass is 222 g/mol. The van der Waals surface area contributed by atoms with E-state index in [-0.39, 0.29) is 0 Å². The summed E-state index contributed by atoms with van der Waals surface area (Å²) in [5.74, 6) is 1.81. The molecule has 0 unspecified atom stereocenters. The van der Waals surface area contributed by atoms with Gasteiger partial charge in [-0.25, -0.2) is 0 Å². The van der Waals surface area contributed by atoms with Crippen LogP contribution in [0.25, 0.3) is 0 Å². The fourth-order valence-electron chi connectivity index (χ4n) is 5.35. The fourth-order valence-corrected chi connectivity index (χ4v) is 5.35. The normalized spacial score (nSPS) is 50.8. The molecule has 0 aromatic heterocycles. The highest BCUT2D eigenvalue weighted by atomic mass is 16.5. The van der Waals surface area contributed by atoms with Crippen LogP contribution in [0.1, 0.15) is 59.3 Å². The van der Waals surface area contributed by atoms with Gasteiger partial charge in [0.2, 0.25) is 0 Å². The van der Waals surface area contributed by atoms with E-state index < -0.39 is 0 Å². The van der Waals surface area contributed by atoms with Gasteiger partial charge in [-0.2, -0.15) is 0 Å². The summed E-state index contributed by atoms with van der Waals surface area (Å²) in [5, 5.41) is 0. The summed E-state index contributed by atoms with van der Waals surface area (Å²) in [6, 6.07) is 0. The lowest BCUT2D eigenvalue weighted by molar-refractivity contribution is -0.104. The van der Waals surface area contributed by atoms with Crippen LogP contribution in [0.15, 0.2) is 0 Å². The van der Waals surface area contributed by atoms with Gasteiger partial charge in [0.15, 0.2) is 0 Å². The highest BCUT2D eigenvalue weighted by Crippen LogP contribution is 2.61. The molecule has 3 aliphatic rings. The van der Waals surface area contributed by atoms with Crippen LogP contribution < -0.4 is 0 Å². The second-order valence-corrected chi connectivity index (χ2v) is 7.28. The Kier molecular flexibility index (Phi) is 2.41. The molecular formula is C15H26O. The van der Waals surface area contributed by atoms with Crippen LogP contribution in [-0.2, 0) is 4.74 Å². The van der Waals surface area contributed by atoms with Gasteiger partial charge in [-0.05, 0) is 54.8 Å². The molecule has 16 heavy (non-hydrogen) atoms. The zero-order valence-electron chi connectivity index (χ0n) is 11.1. The summed E-state index contributed by atoms with van der Waals surface area (Å²) in [4.78, 5) is 0. The number of rotatable bonds is 0. The van der Waals surface area contributed by atoms with Gasteiger partial charge in [0.1, 0.15) is 0 Å². The quantitative estimate of drug-likeness (QED) is 0.601. The smallest absolute Gasteiger partial charge is 0.0609 e. The van der Waals surface area contributed by atoms with Crippen LogP contribution in [0.3, 0.4) is 0 Å². The SMILES string of the molecule is CC1(C)CCC[C@]2(C)[C@H]3CCO[C@H]3CC[C@@H]12. The van der Waals surface area contributed by atoms with Crippen molar-refractivity contribution in [2.45, 2.75) is 65.4 Å². The summed E-state index contributed by atoms with van der Waals surface area (Å²) >= 11 is 0. The minimum atomic E-state index is 0.570. The minimum Gasteiger partial charge on any atom is -0.378 e. The van der Waals surface area contributed by atoms with Crippen LogP contribution in [0.4, 0.5) is 0 Å². The molecular weight excluding hydrogens is 196 g/mol. The zero-order chi connectivity index (χ0) is 11.4. The van der Waals surface area contributed by atoms with Gasteiger partial charge in [0, 0.05) is 6.61 Å². The van der Waals surface area contributed by atoms with Crippen molar-refractivity contribution < 1.29 is 4.74 Å². The summed E-state index contributed by atoms with van der Waals surface area (Å²) in [5.41, 5.74) is 1.15. The van der Waals surface area contributed by atoms with Crippen molar-refractivity contribution in [1.29, 1.82) is 0 Å². The molecule has 2 saturated carbocycles. The molecule has 1 heteroatoms. The van der Waals surface area contributed by atoms with Gasteiger partial charge >= 0.3 is 0 Å². The van der Waals surface area contributed by atoms with E-state index in [9.17, 15) is 0 Å². The van der Waals surface area contributed by atoms with E-state index in [1.54, 1.807) is 0 Å². The number of hydrogen-bond donors (Lipinski definition) is 0. The first-order valence-electron chi connectivity index (χ1n) is 7.16. The first kappa shape index (κ1) is 11.1. The third-order valence-electron chi connectivity index (χ3n) is 6.07. The molecule has 0 spiro atoms. The standard InChI is InChI=1S/C15H26O/c1-14(2)8-4-9-15(3)11-7-10-16-12(11)5-6-13(14)15/h11-13H,4-10H2,1-3H3/t11-,12-,13-,15+/m0/s1. The Morgan fingerprint density at radius 2 is 1.81 bits per heavy atom. The third-order valence-corrected chi connectivity index (χ3v) is 6.07. The van der Waals surface area contributed by atoms with Gasteiger partial charge in [0.25, 0.3) is 0 Å². The Hall–Kier alpha value is -0.0400. The van der Waals surface area contributed by atoms with Crippen LogP contribution in [-0.4, -0.2) is 12.7 Å². The molecule has 1 aliphatic heterocycles. The second-order valence-electron chi connectivity index (χ2n) is 7.28. The molecule has 1 nitrogen and oxygen atoms in total. The van der Waals surface area contributed by atoms with E-state index in [1.807, 2.05) is 0 Å². The maximum absolute atomic E-state index is 5.94. The Balaban J connectivity index is 1.93. The van der Waals surface area contributed by atoms with E-state index in [0.29, 0.717) is 16.9 Å². The first-order chi connectivity index (χ1) is 7.54. The Bertz CT molecular complexity index is 283. The van der Waals surface area contributed by atoms with Crippen LogP contribution in [0.5, 0.6) is 0 Å². The molecule has 1 saturated heterocycles. The Morgan fingerprint density at radius 3 is 2.62 bits per heavy atom. The minimum absolute atomic E-state index is 0.570. The first-order valence-corrected chi connectivity index (χ1v) is 7.16. The second kappa shape index (κ2) is 3.48. The van der Waals surface area contributed by atoms with Crippen molar-refractivity contribution in [3.63, 3.8) is 0 Å². The van der Waals surface area contributed by atoms with Crippen LogP contribution >= 0.6 is 0 Å². The molecule has 0 radical (unpaired) electrons. The molecule has 0 amide bonds. The lowest BCUT2D eigenvalue weighted by atomic mass is 9.48. The van der Waals surface area contributed by atoms with Gasteiger partial charge in [0.05, 0.1) is 6.10 Å². The van der Waals surface area contributed by atoms with E-state index in [4.69, 9.17) is 4.74 Å². The molecule has 0 N–H and O–H groups in total. The Labute approximate surface area is 99.9 Å². The average molecular weight is 222 g/mol. The van der Waals surface area contributed by atoms with Gasteiger partial charge in [-0.15, -0.1) is 0 Å². The molecule has 3 fully saturated rings. The van der Waals surface area contributed by atoms with Crippen molar-refractivity contribution in [2.75, 3.05) is 6.61 Å². The van der Waals surface area contributed by atoms with Crippen molar-refractivity contribution in [2.24, 2.45) is 22.7 Å². The Morgan fingerprint density at radius 1 is 1.00 bits per heavy atom. The van der Waals surface area contributed by atoms with Crippen molar-refractivity contribution >= 4 is 0 Å². The highest BCUT2D eigenvalue weighted by Gasteiger charge is 2.55. The summed E-state index contributed by atoms with van der Waals surface area (Å²) in [7, 11) is 0. The fraction of sp³-hybridized carbons (Fsp3) is 1.00. The van der Waals surface area contributed by atoms with Crippen LogP contribution in [0, 0.1) is 22.7 Å². The third kappa shape index (κ3) is 1.40. The van der Waals surface area contributed by atoms with E-state index in [0.717, 1.165) is 18.4 Å². The number of fused-ring (bicyclic) bond motifs is 3. The molecule has 1 heterocycles. The molecule has 2 aliphatic carbocycles. The van der Waals surface area contributed by atoms with Gasteiger partial charge in [-0.3, -0.25) is 0 Å². The lowest BCUT2D eigenvalue weighted by Gasteiger charge is -2.57. The maximum Gasteiger partial charge on any atom is 0.0609 e. The maximum atomic E-state index is 5.94. The van der Waals surface area contributed by atoms with Crippen molar-refractivity contribution in [1.82, 2.24) is 0 Å². The number of hydrogen-bond acceptors (Lipinski definition) is 1. The zero-order valence-corrected chi connectivity index (χ0v) is 11.1. The molecule has 0 aromatic rings. The molecule has 4 atom stereocenters. The summed E-state index contributed by atoms with van der Waals surface area (Å²) < 4.78 is 5.94. The van der Waals surface area contributed by atoms with E-state index in [1.165, 1.54) is 38.5 Å². The molecule has 0 bridgehead atoms. The van der Waals surface area contributed by atoms with Crippen molar-refractivity contribution in [3.8, 4) is 0 Å². The van der Waals surface area contributed by atoms with Crippen molar-refractivity contribution in [3.05, 3.63) is 0 Å². The molecule has 0 aromatic carbocycles. The van der Waals surface area contributed by atoms with Gasteiger partial charge in [-0.1, -0.05) is 27.2 Å². The van der Waals surface area contributed by atoms with Crippen LogP contribution in [0.2, 0.25) is 0 Å².